The number of carbonyl (C=O) groups excluding carboxylic acids is 1. The number of hydrogen-bond donors (Lipinski definition) is 1. The zero-order valence-corrected chi connectivity index (χ0v) is 18.5. The molecular formula is C23H20ClF3N4O3. The molecule has 0 aliphatic carbocycles. The monoisotopic (exact) mass is 492 g/mol. The van der Waals surface area contributed by atoms with Crippen molar-refractivity contribution in [2.75, 3.05) is 23.3 Å². The number of carbonyl (C=O) groups is 1. The van der Waals surface area contributed by atoms with Crippen LogP contribution in [0.4, 0.5) is 24.7 Å². The third-order valence-electron chi connectivity index (χ3n) is 5.31. The number of alkyl halides is 3. The number of aromatic nitrogens is 2. The van der Waals surface area contributed by atoms with Gasteiger partial charge in [0.05, 0.1) is 11.6 Å². The standard InChI is InChI=1S/C23H20ClF3N4O3/c24-16-4-1-5-18(13-16)31-21(32)11-10-20(29-31)30-12-2-3-15(14-30)22(33)28-17-6-8-19(9-7-17)34-23(25,26)27/h1,4-11,13,15H,2-3,12,14H2,(H,28,33)/t15-/m1/s1. The molecule has 0 radical (unpaired) electrons. The first-order valence-electron chi connectivity index (χ1n) is 10.5. The first kappa shape index (κ1) is 23.6. The van der Waals surface area contributed by atoms with Crippen molar-refractivity contribution in [2.24, 2.45) is 5.92 Å². The maximum Gasteiger partial charge on any atom is 0.573 e. The Morgan fingerprint density at radius 3 is 2.59 bits per heavy atom. The molecule has 34 heavy (non-hydrogen) atoms. The van der Waals surface area contributed by atoms with Crippen molar-refractivity contribution < 1.29 is 22.7 Å². The van der Waals surface area contributed by atoms with Gasteiger partial charge in [-0.25, -0.2) is 0 Å². The molecule has 4 rings (SSSR count). The van der Waals surface area contributed by atoms with Crippen molar-refractivity contribution in [3.8, 4) is 11.4 Å². The highest BCUT2D eigenvalue weighted by Crippen LogP contribution is 2.26. The van der Waals surface area contributed by atoms with E-state index >= 15 is 0 Å². The molecule has 1 saturated heterocycles. The van der Waals surface area contributed by atoms with Crippen molar-refractivity contribution in [2.45, 2.75) is 19.2 Å². The zero-order chi connectivity index (χ0) is 24.3. The van der Waals surface area contributed by atoms with Gasteiger partial charge in [0.2, 0.25) is 5.91 Å². The molecule has 1 atom stereocenters. The van der Waals surface area contributed by atoms with Gasteiger partial charge in [-0.1, -0.05) is 17.7 Å². The fourth-order valence-electron chi connectivity index (χ4n) is 3.75. The van der Waals surface area contributed by atoms with E-state index in [1.807, 2.05) is 4.90 Å². The summed E-state index contributed by atoms with van der Waals surface area (Å²) in [6, 6.07) is 14.8. The van der Waals surface area contributed by atoms with E-state index in [1.165, 1.54) is 22.9 Å². The number of halogens is 4. The molecule has 1 fully saturated rings. The molecule has 0 unspecified atom stereocenters. The lowest BCUT2D eigenvalue weighted by Crippen LogP contribution is -2.41. The Kier molecular flexibility index (Phi) is 6.78. The molecule has 1 aliphatic rings. The fourth-order valence-corrected chi connectivity index (χ4v) is 3.93. The van der Waals surface area contributed by atoms with Gasteiger partial charge in [0, 0.05) is 29.9 Å². The molecule has 0 bridgehead atoms. The minimum atomic E-state index is -4.78. The number of rotatable bonds is 5. The average Bonchev–Trinajstić information content (AvgIpc) is 2.80. The Labute approximate surface area is 197 Å². The van der Waals surface area contributed by atoms with Crippen LogP contribution in [-0.4, -0.2) is 35.1 Å². The van der Waals surface area contributed by atoms with Crippen LogP contribution in [0, 0.1) is 5.92 Å². The van der Waals surface area contributed by atoms with Crippen LogP contribution < -0.4 is 20.5 Å². The van der Waals surface area contributed by atoms with E-state index in [4.69, 9.17) is 11.6 Å². The quantitative estimate of drug-likeness (QED) is 0.561. The van der Waals surface area contributed by atoms with Gasteiger partial charge in [-0.15, -0.1) is 18.3 Å². The van der Waals surface area contributed by atoms with Gasteiger partial charge in [-0.05, 0) is 61.4 Å². The van der Waals surface area contributed by atoms with Crippen molar-refractivity contribution in [1.82, 2.24) is 9.78 Å². The van der Waals surface area contributed by atoms with E-state index in [1.54, 1.807) is 30.3 Å². The Balaban J connectivity index is 1.45. The van der Waals surface area contributed by atoms with E-state index in [0.29, 0.717) is 41.7 Å². The van der Waals surface area contributed by atoms with E-state index in [-0.39, 0.29) is 23.1 Å². The lowest BCUT2D eigenvalue weighted by Gasteiger charge is -2.33. The topological polar surface area (TPSA) is 76.5 Å². The van der Waals surface area contributed by atoms with Crippen molar-refractivity contribution in [1.29, 1.82) is 0 Å². The summed E-state index contributed by atoms with van der Waals surface area (Å²) in [5, 5.41) is 7.67. The van der Waals surface area contributed by atoms with Crippen LogP contribution in [-0.2, 0) is 4.79 Å². The van der Waals surface area contributed by atoms with E-state index in [0.717, 1.165) is 18.6 Å². The molecular weight excluding hydrogens is 473 g/mol. The maximum atomic E-state index is 12.8. The van der Waals surface area contributed by atoms with Gasteiger partial charge >= 0.3 is 6.36 Å². The fraction of sp³-hybridized carbons (Fsp3) is 0.261. The number of piperidine rings is 1. The van der Waals surface area contributed by atoms with Crippen LogP contribution in [0.1, 0.15) is 12.8 Å². The number of nitrogens with one attached hydrogen (secondary N) is 1. The van der Waals surface area contributed by atoms with Gasteiger partial charge < -0.3 is 15.0 Å². The Bertz CT molecular complexity index is 1230. The van der Waals surface area contributed by atoms with Crippen molar-refractivity contribution in [3.05, 3.63) is 76.0 Å². The summed E-state index contributed by atoms with van der Waals surface area (Å²) < 4.78 is 42.0. The molecule has 0 saturated carbocycles. The maximum absolute atomic E-state index is 12.8. The number of anilines is 2. The molecule has 2 aromatic carbocycles. The normalized spacial score (nSPS) is 16.2. The SMILES string of the molecule is O=C(Nc1ccc(OC(F)(F)F)cc1)[C@@H]1CCCN(c2ccc(=O)n(-c3cccc(Cl)c3)n2)C1. The molecule has 0 spiro atoms. The van der Waals surface area contributed by atoms with Gasteiger partial charge in [0.1, 0.15) is 11.6 Å². The highest BCUT2D eigenvalue weighted by atomic mass is 35.5. The lowest BCUT2D eigenvalue weighted by atomic mass is 9.97. The second-order valence-corrected chi connectivity index (χ2v) is 8.20. The van der Waals surface area contributed by atoms with Crippen molar-refractivity contribution >= 4 is 29.0 Å². The van der Waals surface area contributed by atoms with Crippen LogP contribution in [0.25, 0.3) is 5.69 Å². The molecule has 178 valence electrons. The van der Waals surface area contributed by atoms with Crippen LogP contribution >= 0.6 is 11.6 Å². The zero-order valence-electron chi connectivity index (χ0n) is 17.8. The third-order valence-corrected chi connectivity index (χ3v) is 5.55. The summed E-state index contributed by atoms with van der Waals surface area (Å²) in [7, 11) is 0. The Morgan fingerprint density at radius 1 is 1.12 bits per heavy atom. The third kappa shape index (κ3) is 5.88. The van der Waals surface area contributed by atoms with Gasteiger partial charge in [-0.3, -0.25) is 9.59 Å². The summed E-state index contributed by atoms with van der Waals surface area (Å²) in [6.45, 7) is 1.04. The van der Waals surface area contributed by atoms with Crippen LogP contribution in [0.3, 0.4) is 0 Å². The number of amides is 1. The number of hydrogen-bond acceptors (Lipinski definition) is 5. The Morgan fingerprint density at radius 2 is 1.88 bits per heavy atom. The van der Waals surface area contributed by atoms with Crippen LogP contribution in [0.2, 0.25) is 5.02 Å². The molecule has 3 aromatic rings. The molecule has 7 nitrogen and oxygen atoms in total. The first-order chi connectivity index (χ1) is 16.2. The molecule has 1 aliphatic heterocycles. The van der Waals surface area contributed by atoms with E-state index in [2.05, 4.69) is 15.2 Å². The van der Waals surface area contributed by atoms with E-state index < -0.39 is 6.36 Å². The summed E-state index contributed by atoms with van der Waals surface area (Å²) in [4.78, 5) is 27.1. The average molecular weight is 493 g/mol. The molecule has 1 N–H and O–H groups in total. The molecule has 1 amide bonds. The summed E-state index contributed by atoms with van der Waals surface area (Å²) in [6.07, 6.45) is -3.40. The largest absolute Gasteiger partial charge is 0.573 e. The Hall–Kier alpha value is -3.53. The second-order valence-electron chi connectivity index (χ2n) is 7.77. The van der Waals surface area contributed by atoms with Gasteiger partial charge in [-0.2, -0.15) is 4.68 Å². The minimum absolute atomic E-state index is 0.252. The second kappa shape index (κ2) is 9.76. The lowest BCUT2D eigenvalue weighted by molar-refractivity contribution is -0.274. The van der Waals surface area contributed by atoms with Crippen LogP contribution in [0.15, 0.2) is 65.5 Å². The smallest absolute Gasteiger partial charge is 0.406 e. The predicted octanol–water partition coefficient (Wildman–Crippen LogP) is 4.64. The minimum Gasteiger partial charge on any atom is -0.406 e. The van der Waals surface area contributed by atoms with Gasteiger partial charge in [0.15, 0.2) is 0 Å². The van der Waals surface area contributed by atoms with Gasteiger partial charge in [0.25, 0.3) is 5.56 Å². The van der Waals surface area contributed by atoms with Crippen molar-refractivity contribution in [3.63, 3.8) is 0 Å². The van der Waals surface area contributed by atoms with Crippen LogP contribution in [0.5, 0.6) is 5.75 Å². The summed E-state index contributed by atoms with van der Waals surface area (Å²) in [5.41, 5.74) is 0.586. The first-order valence-corrected chi connectivity index (χ1v) is 10.8. The molecule has 1 aromatic heterocycles. The predicted molar refractivity (Wildman–Crippen MR) is 122 cm³/mol. The molecule has 11 heteroatoms. The number of benzene rings is 2. The number of ether oxygens (including phenoxy) is 1. The summed E-state index contributed by atoms with van der Waals surface area (Å²) >= 11 is 6.04. The highest BCUT2D eigenvalue weighted by molar-refractivity contribution is 6.30. The highest BCUT2D eigenvalue weighted by Gasteiger charge is 2.31. The number of nitrogens with zero attached hydrogens (tertiary/aromatic N) is 3. The summed E-state index contributed by atoms with van der Waals surface area (Å²) in [5.74, 6) is -0.438. The molecule has 2 heterocycles. The van der Waals surface area contributed by atoms with E-state index in [9.17, 15) is 22.8 Å².